The van der Waals surface area contributed by atoms with E-state index in [0.717, 1.165) is 12.0 Å². The fraction of sp³-hybridized carbons (Fsp3) is 0.333. The quantitative estimate of drug-likeness (QED) is 0.359. The van der Waals surface area contributed by atoms with Gasteiger partial charge < -0.3 is 23.7 Å². The third-order valence-corrected chi connectivity index (χ3v) is 5.96. The average molecular weight is 492 g/mol. The number of aromatic carboxylic acids is 1. The highest BCUT2D eigenvalue weighted by Gasteiger charge is 2.41. The van der Waals surface area contributed by atoms with Crippen molar-refractivity contribution in [1.82, 2.24) is 4.98 Å². The number of carbonyl (C=O) groups is 1. The topological polar surface area (TPSA) is 91.0 Å². The Morgan fingerprint density at radius 2 is 2.00 bits per heavy atom. The second kappa shape index (κ2) is 10.5. The molecule has 9 heteroatoms. The van der Waals surface area contributed by atoms with Gasteiger partial charge in [0.05, 0.1) is 24.5 Å². The second-order valence-electron chi connectivity index (χ2n) is 7.72. The molecule has 1 saturated heterocycles. The van der Waals surface area contributed by atoms with Crippen molar-refractivity contribution in [2.75, 3.05) is 19.8 Å². The molecule has 0 saturated carbocycles. The van der Waals surface area contributed by atoms with Crippen LogP contribution < -0.4 is 9.47 Å². The molecule has 0 spiro atoms. The average Bonchev–Trinajstić information content (AvgIpc) is 3.46. The molecule has 3 aromatic rings. The Morgan fingerprint density at radius 1 is 1.15 bits per heavy atom. The smallest absolute Gasteiger partial charge is 0.372 e. The van der Waals surface area contributed by atoms with Gasteiger partial charge in [-0.25, -0.2) is 9.78 Å². The van der Waals surface area contributed by atoms with E-state index in [1.807, 2.05) is 12.1 Å². The Kier molecular flexibility index (Phi) is 7.42. The fourth-order valence-electron chi connectivity index (χ4n) is 3.96. The Hall–Kier alpha value is -2.74. The molecule has 1 unspecified atom stereocenters. The molecule has 1 aliphatic heterocycles. The fourth-order valence-corrected chi connectivity index (χ4v) is 4.42. The maximum atomic E-state index is 11.6. The summed E-state index contributed by atoms with van der Waals surface area (Å²) in [7, 11) is 0. The van der Waals surface area contributed by atoms with Gasteiger partial charge in [-0.2, -0.15) is 0 Å². The van der Waals surface area contributed by atoms with Crippen molar-refractivity contribution >= 4 is 29.2 Å². The van der Waals surface area contributed by atoms with Crippen molar-refractivity contribution in [2.24, 2.45) is 0 Å². The summed E-state index contributed by atoms with van der Waals surface area (Å²) in [5.41, 5.74) is 0.749. The standard InChI is InChI=1S/C24H23Cl2NO6/c25-17-3-4-20(19(26)14-17)30-9-2-10-31-21-13-16(5-8-27-21)15-24(7-1-11-33-24)18-6-12-32-22(18)23(28)29/h3-6,8,12-14H,1-2,7,9-11,15H2,(H,28,29). The van der Waals surface area contributed by atoms with Gasteiger partial charge in [0, 0.05) is 42.3 Å². The summed E-state index contributed by atoms with van der Waals surface area (Å²) in [5.74, 6) is -0.132. The molecule has 7 nitrogen and oxygen atoms in total. The van der Waals surface area contributed by atoms with E-state index in [1.54, 1.807) is 30.5 Å². The van der Waals surface area contributed by atoms with Crippen LogP contribution in [-0.2, 0) is 16.8 Å². The Labute approximate surface area is 201 Å². The molecule has 1 fully saturated rings. The molecular weight excluding hydrogens is 469 g/mol. The molecular formula is C24H23Cl2NO6. The number of pyridine rings is 1. The molecule has 1 N–H and O–H groups in total. The van der Waals surface area contributed by atoms with E-state index in [2.05, 4.69) is 4.98 Å². The molecule has 4 rings (SSSR count). The highest BCUT2D eigenvalue weighted by molar-refractivity contribution is 6.35. The number of halogens is 2. The zero-order valence-electron chi connectivity index (χ0n) is 17.8. The lowest BCUT2D eigenvalue weighted by atomic mass is 9.85. The van der Waals surface area contributed by atoms with Gasteiger partial charge in [-0.15, -0.1) is 0 Å². The van der Waals surface area contributed by atoms with Crippen LogP contribution in [0.25, 0.3) is 0 Å². The van der Waals surface area contributed by atoms with Crippen LogP contribution in [0.1, 0.15) is 40.9 Å². The van der Waals surface area contributed by atoms with Crippen LogP contribution in [0.5, 0.6) is 11.6 Å². The van der Waals surface area contributed by atoms with Gasteiger partial charge in [-0.05, 0) is 48.7 Å². The normalized spacial score (nSPS) is 17.8. The molecule has 33 heavy (non-hydrogen) atoms. The summed E-state index contributed by atoms with van der Waals surface area (Å²) in [4.78, 5) is 15.9. The van der Waals surface area contributed by atoms with Gasteiger partial charge in [0.25, 0.3) is 0 Å². The minimum atomic E-state index is -1.11. The first-order valence-corrected chi connectivity index (χ1v) is 11.3. The number of carboxylic acids is 1. The van der Waals surface area contributed by atoms with E-state index in [-0.39, 0.29) is 5.76 Å². The second-order valence-corrected chi connectivity index (χ2v) is 8.56. The number of hydrogen-bond acceptors (Lipinski definition) is 6. The summed E-state index contributed by atoms with van der Waals surface area (Å²) in [6.07, 6.45) is 5.73. The monoisotopic (exact) mass is 491 g/mol. The van der Waals surface area contributed by atoms with Gasteiger partial charge in [0.1, 0.15) is 11.4 Å². The Morgan fingerprint density at radius 3 is 2.76 bits per heavy atom. The zero-order valence-corrected chi connectivity index (χ0v) is 19.3. The molecule has 1 atom stereocenters. The van der Waals surface area contributed by atoms with E-state index >= 15 is 0 Å². The Bertz CT molecular complexity index is 1110. The lowest BCUT2D eigenvalue weighted by Crippen LogP contribution is -2.29. The zero-order chi connectivity index (χ0) is 23.3. The van der Waals surface area contributed by atoms with Crippen molar-refractivity contribution in [1.29, 1.82) is 0 Å². The van der Waals surface area contributed by atoms with Crippen molar-refractivity contribution < 1.29 is 28.5 Å². The van der Waals surface area contributed by atoms with Crippen LogP contribution in [0.2, 0.25) is 10.0 Å². The maximum Gasteiger partial charge on any atom is 0.372 e. The number of hydrogen-bond donors (Lipinski definition) is 1. The molecule has 2 aromatic heterocycles. The lowest BCUT2D eigenvalue weighted by molar-refractivity contribution is -0.00172. The summed E-state index contributed by atoms with van der Waals surface area (Å²) >= 11 is 12.0. The molecule has 0 radical (unpaired) electrons. The SMILES string of the molecule is O=C(O)c1occc1C1(Cc2ccnc(OCCCOc3ccc(Cl)cc3Cl)c2)CCCO1. The third kappa shape index (κ3) is 5.61. The predicted octanol–water partition coefficient (Wildman–Crippen LogP) is 5.78. The highest BCUT2D eigenvalue weighted by atomic mass is 35.5. The summed E-state index contributed by atoms with van der Waals surface area (Å²) < 4.78 is 22.7. The molecule has 174 valence electrons. The molecule has 0 aliphatic carbocycles. The summed E-state index contributed by atoms with van der Waals surface area (Å²) in [6, 6.07) is 10.5. The van der Waals surface area contributed by atoms with Crippen molar-refractivity contribution in [3.05, 3.63) is 75.8 Å². The number of furan rings is 1. The minimum absolute atomic E-state index is 0.0804. The Balaban J connectivity index is 1.35. The molecule has 0 amide bonds. The number of aromatic nitrogens is 1. The van der Waals surface area contributed by atoms with Gasteiger partial charge in [0.15, 0.2) is 0 Å². The maximum absolute atomic E-state index is 11.6. The van der Waals surface area contributed by atoms with E-state index < -0.39 is 11.6 Å². The lowest BCUT2D eigenvalue weighted by Gasteiger charge is -2.28. The van der Waals surface area contributed by atoms with Crippen LogP contribution in [0.4, 0.5) is 0 Å². The van der Waals surface area contributed by atoms with Gasteiger partial charge in [-0.3, -0.25) is 0 Å². The first-order chi connectivity index (χ1) is 16.0. The van der Waals surface area contributed by atoms with Crippen LogP contribution in [0.15, 0.2) is 53.3 Å². The van der Waals surface area contributed by atoms with Crippen LogP contribution in [0, 0.1) is 0 Å². The van der Waals surface area contributed by atoms with Crippen LogP contribution >= 0.6 is 23.2 Å². The van der Waals surface area contributed by atoms with Crippen molar-refractivity contribution in [2.45, 2.75) is 31.3 Å². The molecule has 3 heterocycles. The van der Waals surface area contributed by atoms with Crippen LogP contribution in [0.3, 0.4) is 0 Å². The number of benzene rings is 1. The number of rotatable bonds is 10. The van der Waals surface area contributed by atoms with Crippen LogP contribution in [-0.4, -0.2) is 35.9 Å². The van der Waals surface area contributed by atoms with Gasteiger partial charge >= 0.3 is 5.97 Å². The van der Waals surface area contributed by atoms with E-state index in [4.69, 9.17) is 41.8 Å². The highest BCUT2D eigenvalue weighted by Crippen LogP contribution is 2.41. The number of ether oxygens (including phenoxy) is 3. The van der Waals surface area contributed by atoms with E-state index in [9.17, 15) is 9.90 Å². The summed E-state index contributed by atoms with van der Waals surface area (Å²) in [6.45, 7) is 1.40. The van der Waals surface area contributed by atoms with Gasteiger partial charge in [-0.1, -0.05) is 23.2 Å². The van der Waals surface area contributed by atoms with Crippen molar-refractivity contribution in [3.8, 4) is 11.6 Å². The first kappa shape index (κ1) is 23.4. The summed E-state index contributed by atoms with van der Waals surface area (Å²) in [5, 5.41) is 10.5. The molecule has 0 bridgehead atoms. The van der Waals surface area contributed by atoms with Gasteiger partial charge in [0.2, 0.25) is 11.6 Å². The molecule has 1 aromatic carbocycles. The first-order valence-electron chi connectivity index (χ1n) is 10.6. The minimum Gasteiger partial charge on any atom is -0.492 e. The third-order valence-electron chi connectivity index (χ3n) is 5.43. The number of carboxylic acid groups (broad SMARTS) is 1. The predicted molar refractivity (Wildman–Crippen MR) is 123 cm³/mol. The molecule has 1 aliphatic rings. The van der Waals surface area contributed by atoms with Crippen molar-refractivity contribution in [3.63, 3.8) is 0 Å². The van der Waals surface area contributed by atoms with E-state index in [1.165, 1.54) is 6.26 Å². The van der Waals surface area contributed by atoms with E-state index in [0.29, 0.717) is 66.3 Å². The largest absolute Gasteiger partial charge is 0.492 e. The number of nitrogens with zero attached hydrogens (tertiary/aromatic N) is 1.